The largest absolute Gasteiger partial charge is 0.756 e. The zero-order valence-corrected chi connectivity index (χ0v) is 58.1. The van der Waals surface area contributed by atoms with Crippen molar-refractivity contribution in [2.45, 2.75) is 315 Å². The minimum atomic E-state index is -4.72. The van der Waals surface area contributed by atoms with Crippen LogP contribution in [0.4, 0.5) is 0 Å². The van der Waals surface area contributed by atoms with Crippen LogP contribution in [0.15, 0.2) is 122 Å². The standard InChI is InChI=1S/C77H135N2O7P/c1-7-10-13-16-19-22-25-27-29-31-33-35-37-39-41-43-45-47-49-51-54-57-60-63-66-69-76(80)78-74(73-85-87(82,83)84-72-71-79(4,5)6)75(68-65-62-59-56-53-24-21-18-15-12-9-3)86-77(81)70-67-64-61-58-55-52-50-48-46-44-42-40-38-36-34-32-30-28-26-23-20-17-14-11-8-2/h10,13,19-20,22-23,27-30,33-36,39,41,45,47,65,68,74-75H,7-9,11-12,14-18,21,24-26,31-32,37-38,40,42-44,46,48-64,66-67,69-73H2,1-6H3,(H-,78,80,82,83)/b13-10-,22-19-,23-20-,29-27-,30-28-,35-33-,36-34-,41-39-,47-45-,68-65+. The number of rotatable bonds is 64. The molecular formula is C77H135N2O7P. The van der Waals surface area contributed by atoms with Gasteiger partial charge >= 0.3 is 5.97 Å². The van der Waals surface area contributed by atoms with Gasteiger partial charge in [-0.15, -0.1) is 0 Å². The number of carbonyl (C=O) groups excluding carboxylic acids is 2. The third kappa shape index (κ3) is 66.7. The van der Waals surface area contributed by atoms with E-state index in [4.69, 9.17) is 13.8 Å². The summed E-state index contributed by atoms with van der Waals surface area (Å²) in [5, 5.41) is 3.03. The van der Waals surface area contributed by atoms with Gasteiger partial charge in [0.2, 0.25) is 5.91 Å². The second kappa shape index (κ2) is 65.4. The summed E-state index contributed by atoms with van der Waals surface area (Å²) in [4.78, 5) is 40.2. The monoisotopic (exact) mass is 1230 g/mol. The maximum absolute atomic E-state index is 13.6. The van der Waals surface area contributed by atoms with Crippen molar-refractivity contribution in [3.63, 3.8) is 0 Å². The average Bonchev–Trinajstić information content (AvgIpc) is 3.70. The number of esters is 1. The number of quaternary nitrogens is 1. The molecule has 3 unspecified atom stereocenters. The average molecular weight is 1230 g/mol. The van der Waals surface area contributed by atoms with Crippen molar-refractivity contribution in [2.24, 2.45) is 0 Å². The molecule has 500 valence electrons. The third-order valence-electron chi connectivity index (χ3n) is 15.4. The van der Waals surface area contributed by atoms with Gasteiger partial charge in [-0.25, -0.2) is 0 Å². The molecule has 1 amide bonds. The highest BCUT2D eigenvalue weighted by atomic mass is 31.2. The fourth-order valence-corrected chi connectivity index (χ4v) is 10.6. The second-order valence-electron chi connectivity index (χ2n) is 25.0. The van der Waals surface area contributed by atoms with Gasteiger partial charge in [-0.1, -0.05) is 290 Å². The smallest absolute Gasteiger partial charge is 0.306 e. The van der Waals surface area contributed by atoms with Gasteiger partial charge in [-0.2, -0.15) is 0 Å². The Morgan fingerprint density at radius 3 is 1.13 bits per heavy atom. The lowest BCUT2D eigenvalue weighted by atomic mass is 10.0. The number of likely N-dealkylation sites (N-methyl/N-ethyl adjacent to an activating group) is 1. The molecule has 0 bridgehead atoms. The Hall–Kier alpha value is -3.59. The molecule has 0 aliphatic heterocycles. The summed E-state index contributed by atoms with van der Waals surface area (Å²) in [7, 11) is 1.16. The van der Waals surface area contributed by atoms with Crippen LogP contribution in [-0.2, 0) is 27.9 Å². The molecule has 0 aromatic carbocycles. The number of hydrogen-bond acceptors (Lipinski definition) is 7. The van der Waals surface area contributed by atoms with Gasteiger partial charge < -0.3 is 28.5 Å². The molecule has 87 heavy (non-hydrogen) atoms. The molecular weight excluding hydrogens is 1100 g/mol. The first kappa shape index (κ1) is 83.4. The number of allylic oxidation sites excluding steroid dienone is 19. The highest BCUT2D eigenvalue weighted by Gasteiger charge is 2.27. The van der Waals surface area contributed by atoms with E-state index in [1.165, 1.54) is 135 Å². The first-order valence-electron chi connectivity index (χ1n) is 35.8. The maximum Gasteiger partial charge on any atom is 0.306 e. The topological polar surface area (TPSA) is 114 Å². The molecule has 0 heterocycles. The van der Waals surface area contributed by atoms with Crippen molar-refractivity contribution >= 4 is 19.7 Å². The van der Waals surface area contributed by atoms with Crippen molar-refractivity contribution < 1.29 is 37.3 Å². The summed E-state index contributed by atoms with van der Waals surface area (Å²) >= 11 is 0. The minimum Gasteiger partial charge on any atom is -0.756 e. The molecule has 1 N–H and O–H groups in total. The fraction of sp³-hybridized carbons (Fsp3) is 0.714. The Labute approximate surface area is 537 Å². The molecule has 0 aromatic rings. The van der Waals surface area contributed by atoms with E-state index in [-0.39, 0.29) is 24.9 Å². The van der Waals surface area contributed by atoms with Crippen LogP contribution in [0, 0.1) is 0 Å². The molecule has 9 nitrogen and oxygen atoms in total. The van der Waals surface area contributed by atoms with Crippen molar-refractivity contribution in [1.82, 2.24) is 5.32 Å². The highest BCUT2D eigenvalue weighted by molar-refractivity contribution is 7.45. The summed E-state index contributed by atoms with van der Waals surface area (Å²) in [5.41, 5.74) is 0. The number of carbonyl (C=O) groups is 2. The van der Waals surface area contributed by atoms with Crippen molar-refractivity contribution in [3.8, 4) is 0 Å². The SMILES string of the molecule is CC/C=C\C/C=C\C/C=C\C/C=C\C/C=C\C/C=C\CCCCCCCCC(=O)NC(COP(=O)([O-])OCC[N+](C)(C)C)C(/C=C/CCCCCCCCCCC)OC(=O)CCCCCCCCCCCCCC/C=C\C/C=C\C/C=C\CCCCC. The highest BCUT2D eigenvalue weighted by Crippen LogP contribution is 2.38. The summed E-state index contributed by atoms with van der Waals surface area (Å²) < 4.78 is 30.4. The number of amides is 1. The van der Waals surface area contributed by atoms with E-state index >= 15 is 0 Å². The molecule has 3 atom stereocenters. The number of hydrogen-bond donors (Lipinski definition) is 1. The fourth-order valence-electron chi connectivity index (χ4n) is 9.89. The first-order chi connectivity index (χ1) is 42.4. The van der Waals surface area contributed by atoms with E-state index in [2.05, 4.69) is 135 Å². The number of nitrogens with one attached hydrogen (secondary N) is 1. The Kier molecular flexibility index (Phi) is 62.7. The van der Waals surface area contributed by atoms with Crippen LogP contribution in [0.5, 0.6) is 0 Å². The number of phosphoric acid groups is 1. The van der Waals surface area contributed by atoms with Crippen LogP contribution in [0.25, 0.3) is 0 Å². The van der Waals surface area contributed by atoms with Crippen LogP contribution < -0.4 is 10.2 Å². The predicted octanol–water partition coefficient (Wildman–Crippen LogP) is 22.4. The molecule has 10 heteroatoms. The molecule has 0 radical (unpaired) electrons. The van der Waals surface area contributed by atoms with Crippen molar-refractivity contribution in [2.75, 3.05) is 40.9 Å². The molecule has 0 saturated heterocycles. The minimum absolute atomic E-state index is 0.0314. The Bertz CT molecular complexity index is 1900. The Morgan fingerprint density at radius 2 is 0.736 bits per heavy atom. The van der Waals surface area contributed by atoms with E-state index in [0.717, 1.165) is 135 Å². The van der Waals surface area contributed by atoms with E-state index in [9.17, 15) is 19.0 Å². The molecule has 0 fully saturated rings. The number of phosphoric ester groups is 1. The molecule has 0 aliphatic rings. The maximum atomic E-state index is 13.6. The van der Waals surface area contributed by atoms with Crippen LogP contribution in [0.1, 0.15) is 303 Å². The third-order valence-corrected chi connectivity index (χ3v) is 16.3. The summed E-state index contributed by atoms with van der Waals surface area (Å²) in [6.07, 6.45) is 91.8. The van der Waals surface area contributed by atoms with Crippen LogP contribution in [0.3, 0.4) is 0 Å². The quantitative estimate of drug-likeness (QED) is 0.0212. The van der Waals surface area contributed by atoms with Crippen LogP contribution >= 0.6 is 7.82 Å². The predicted molar refractivity (Wildman–Crippen MR) is 376 cm³/mol. The van der Waals surface area contributed by atoms with Gasteiger partial charge in [-0.05, 0) is 122 Å². The number of unbranched alkanes of at least 4 members (excludes halogenated alkanes) is 30. The van der Waals surface area contributed by atoms with Crippen LogP contribution in [-0.4, -0.2) is 69.4 Å². The summed E-state index contributed by atoms with van der Waals surface area (Å²) in [5.74, 6) is -0.562. The van der Waals surface area contributed by atoms with E-state index in [1.807, 2.05) is 33.3 Å². The summed E-state index contributed by atoms with van der Waals surface area (Å²) in [6, 6.07) is -0.906. The molecule has 0 spiro atoms. The summed E-state index contributed by atoms with van der Waals surface area (Å²) in [6.45, 7) is 6.69. The lowest BCUT2D eigenvalue weighted by Crippen LogP contribution is -2.47. The van der Waals surface area contributed by atoms with E-state index in [0.29, 0.717) is 17.4 Å². The molecule has 0 rings (SSSR count). The van der Waals surface area contributed by atoms with Gasteiger partial charge in [-0.3, -0.25) is 14.2 Å². The van der Waals surface area contributed by atoms with Gasteiger partial charge in [0.05, 0.1) is 33.8 Å². The molecule has 0 aromatic heterocycles. The first-order valence-corrected chi connectivity index (χ1v) is 37.3. The van der Waals surface area contributed by atoms with Crippen molar-refractivity contribution in [1.29, 1.82) is 0 Å². The van der Waals surface area contributed by atoms with E-state index < -0.39 is 26.6 Å². The molecule has 0 saturated carbocycles. The number of ether oxygens (including phenoxy) is 1. The zero-order chi connectivity index (χ0) is 63.5. The number of nitrogens with zero attached hydrogens (tertiary/aromatic N) is 1. The van der Waals surface area contributed by atoms with Gasteiger partial charge in [0.1, 0.15) is 19.3 Å². The zero-order valence-electron chi connectivity index (χ0n) is 57.2. The second-order valence-corrected chi connectivity index (χ2v) is 26.4. The van der Waals surface area contributed by atoms with Crippen molar-refractivity contribution in [3.05, 3.63) is 122 Å². The van der Waals surface area contributed by atoms with Crippen LogP contribution in [0.2, 0.25) is 0 Å². The lowest BCUT2D eigenvalue weighted by Gasteiger charge is -2.30. The van der Waals surface area contributed by atoms with Gasteiger partial charge in [0.25, 0.3) is 7.82 Å². The molecule has 0 aliphatic carbocycles. The normalized spacial score (nSPS) is 14.2. The Morgan fingerprint density at radius 1 is 0.414 bits per heavy atom. The van der Waals surface area contributed by atoms with Gasteiger partial charge in [0.15, 0.2) is 0 Å². The van der Waals surface area contributed by atoms with E-state index in [1.54, 1.807) is 0 Å². The lowest BCUT2D eigenvalue weighted by molar-refractivity contribution is -0.870. The Balaban J connectivity index is 5.07. The van der Waals surface area contributed by atoms with Gasteiger partial charge in [0, 0.05) is 12.8 Å².